The monoisotopic (exact) mass is 506 g/mol. The van der Waals surface area contributed by atoms with Crippen LogP contribution in [0.1, 0.15) is 41.7 Å². The fourth-order valence-electron chi connectivity index (χ4n) is 5.24. The van der Waals surface area contributed by atoms with Crippen LogP contribution in [0.25, 0.3) is 21.9 Å². The van der Waals surface area contributed by atoms with Crippen LogP contribution in [0.4, 0.5) is 5.69 Å². The molecule has 0 radical (unpaired) electrons. The van der Waals surface area contributed by atoms with Gasteiger partial charge in [-0.3, -0.25) is 33.4 Å². The van der Waals surface area contributed by atoms with Gasteiger partial charge in [-0.25, -0.2) is 9.59 Å². The van der Waals surface area contributed by atoms with Gasteiger partial charge in [0.05, 0.1) is 26.9 Å². The molecule has 1 aliphatic rings. The summed E-state index contributed by atoms with van der Waals surface area (Å²) in [6.07, 6.45) is 0.689. The van der Waals surface area contributed by atoms with E-state index in [1.54, 1.807) is 26.1 Å². The number of aromatic nitrogens is 4. The summed E-state index contributed by atoms with van der Waals surface area (Å²) in [6, 6.07) is 7.55. The van der Waals surface area contributed by atoms with E-state index in [2.05, 4.69) is 4.98 Å². The second-order valence-electron chi connectivity index (χ2n) is 9.38. The summed E-state index contributed by atoms with van der Waals surface area (Å²) >= 11 is 0. The van der Waals surface area contributed by atoms with Crippen molar-refractivity contribution >= 4 is 33.5 Å². The molecule has 0 atom stereocenters. The van der Waals surface area contributed by atoms with E-state index in [0.29, 0.717) is 41.3 Å². The van der Waals surface area contributed by atoms with Crippen LogP contribution in [-0.2, 0) is 13.6 Å². The van der Waals surface area contributed by atoms with Gasteiger partial charge in [-0.15, -0.1) is 0 Å². The topological polar surface area (TPSA) is 145 Å². The second kappa shape index (κ2) is 8.87. The number of amides is 1. The summed E-state index contributed by atoms with van der Waals surface area (Å²) in [6.45, 7) is 4.38. The molecule has 1 fully saturated rings. The molecular weight excluding hydrogens is 480 g/mol. The number of imidazole rings is 1. The van der Waals surface area contributed by atoms with Gasteiger partial charge in [0.15, 0.2) is 0 Å². The lowest BCUT2D eigenvalue weighted by molar-refractivity contribution is -0.385. The number of fused-ring (bicyclic) bond motifs is 2. The maximum Gasteiger partial charge on any atom is 0.331 e. The number of piperidine rings is 1. The van der Waals surface area contributed by atoms with Crippen LogP contribution >= 0.6 is 0 Å². The SMILES string of the molecule is CCn1c(=O)[nH]c2cc(C(=O)N3CCC(n4c(=O)c5cc(C)ccc5n(C)c4=O)CC3)c([N+](=O)[O-])cc21. The van der Waals surface area contributed by atoms with Crippen LogP contribution in [0.15, 0.2) is 44.7 Å². The van der Waals surface area contributed by atoms with Crippen molar-refractivity contribution in [2.45, 2.75) is 39.3 Å². The summed E-state index contributed by atoms with van der Waals surface area (Å²) in [5.41, 5.74) is 0.480. The number of carbonyl (C=O) groups excluding carboxylic acids is 1. The van der Waals surface area contributed by atoms with Crippen LogP contribution in [0.3, 0.4) is 0 Å². The van der Waals surface area contributed by atoms with E-state index >= 15 is 0 Å². The Labute approximate surface area is 209 Å². The van der Waals surface area contributed by atoms with Gasteiger partial charge in [0.1, 0.15) is 5.56 Å². The zero-order valence-corrected chi connectivity index (χ0v) is 20.7. The molecule has 1 amide bonds. The average molecular weight is 507 g/mol. The zero-order valence-electron chi connectivity index (χ0n) is 20.7. The number of likely N-dealkylation sites (tertiary alicyclic amines) is 1. The molecule has 0 saturated carbocycles. The number of benzene rings is 2. The van der Waals surface area contributed by atoms with Gasteiger partial charge in [-0.1, -0.05) is 11.6 Å². The minimum atomic E-state index is -0.628. The molecule has 2 aromatic heterocycles. The zero-order chi connectivity index (χ0) is 26.6. The first-order valence-corrected chi connectivity index (χ1v) is 12.0. The van der Waals surface area contributed by atoms with E-state index in [1.165, 1.54) is 30.7 Å². The van der Waals surface area contributed by atoms with Gasteiger partial charge in [0.25, 0.3) is 17.2 Å². The predicted octanol–water partition coefficient (Wildman–Crippen LogP) is 2.06. The number of H-pyrrole nitrogens is 1. The summed E-state index contributed by atoms with van der Waals surface area (Å²) in [7, 11) is 1.63. The Morgan fingerprint density at radius 2 is 1.81 bits per heavy atom. The normalized spacial score (nSPS) is 14.5. The van der Waals surface area contributed by atoms with Crippen molar-refractivity contribution in [1.82, 2.24) is 23.6 Å². The van der Waals surface area contributed by atoms with Gasteiger partial charge in [0, 0.05) is 38.8 Å². The quantitative estimate of drug-likeness (QED) is 0.331. The molecule has 1 saturated heterocycles. The van der Waals surface area contributed by atoms with Crippen molar-refractivity contribution in [1.29, 1.82) is 0 Å². The minimum Gasteiger partial charge on any atom is -0.338 e. The molecule has 12 nitrogen and oxygen atoms in total. The molecule has 2 aromatic carbocycles. The van der Waals surface area contributed by atoms with E-state index in [1.807, 2.05) is 13.0 Å². The number of nitrogens with one attached hydrogen (secondary N) is 1. The molecule has 0 aliphatic carbocycles. The third-order valence-corrected chi connectivity index (χ3v) is 7.21. The molecule has 12 heteroatoms. The molecule has 1 aliphatic heterocycles. The molecule has 0 unspecified atom stereocenters. The number of hydrogen-bond acceptors (Lipinski definition) is 6. The number of aryl methyl sites for hydroxylation is 3. The van der Waals surface area contributed by atoms with E-state index in [4.69, 9.17) is 0 Å². The Balaban J connectivity index is 1.46. The summed E-state index contributed by atoms with van der Waals surface area (Å²) in [5.74, 6) is -0.536. The highest BCUT2D eigenvalue weighted by Gasteiger charge is 2.31. The Bertz CT molecular complexity index is 1770. The van der Waals surface area contributed by atoms with Crippen molar-refractivity contribution < 1.29 is 9.72 Å². The van der Waals surface area contributed by atoms with Crippen LogP contribution in [0, 0.1) is 17.0 Å². The van der Waals surface area contributed by atoms with Gasteiger partial charge in [0.2, 0.25) is 0 Å². The fourth-order valence-corrected chi connectivity index (χ4v) is 5.24. The Morgan fingerprint density at radius 1 is 1.11 bits per heavy atom. The highest BCUT2D eigenvalue weighted by atomic mass is 16.6. The van der Waals surface area contributed by atoms with Gasteiger partial charge < -0.3 is 9.88 Å². The van der Waals surface area contributed by atoms with E-state index in [9.17, 15) is 29.3 Å². The minimum absolute atomic E-state index is 0.116. The first kappa shape index (κ1) is 24.2. The molecule has 5 rings (SSSR count). The first-order valence-electron chi connectivity index (χ1n) is 12.0. The molecule has 3 heterocycles. The van der Waals surface area contributed by atoms with Crippen molar-refractivity contribution in [3.63, 3.8) is 0 Å². The number of hydrogen-bond donors (Lipinski definition) is 1. The molecule has 0 bridgehead atoms. The third-order valence-electron chi connectivity index (χ3n) is 7.21. The Kier molecular flexibility index (Phi) is 5.81. The first-order chi connectivity index (χ1) is 17.6. The Hall–Kier alpha value is -4.48. The van der Waals surface area contributed by atoms with Crippen molar-refractivity contribution in [3.8, 4) is 0 Å². The number of nitrogens with zero attached hydrogens (tertiary/aromatic N) is 5. The molecule has 0 spiro atoms. The lowest BCUT2D eigenvalue weighted by atomic mass is 10.0. The number of carbonyl (C=O) groups is 1. The predicted molar refractivity (Wildman–Crippen MR) is 137 cm³/mol. The average Bonchev–Trinajstić information content (AvgIpc) is 3.20. The summed E-state index contributed by atoms with van der Waals surface area (Å²) in [5, 5.41) is 12.3. The van der Waals surface area contributed by atoms with E-state index in [0.717, 1.165) is 5.56 Å². The fraction of sp³-hybridized carbons (Fsp3) is 0.360. The van der Waals surface area contributed by atoms with E-state index in [-0.39, 0.29) is 29.9 Å². The van der Waals surface area contributed by atoms with Crippen LogP contribution in [-0.4, -0.2) is 47.5 Å². The van der Waals surface area contributed by atoms with Crippen LogP contribution < -0.4 is 16.9 Å². The van der Waals surface area contributed by atoms with E-state index < -0.39 is 28.3 Å². The smallest absolute Gasteiger partial charge is 0.331 e. The largest absolute Gasteiger partial charge is 0.338 e. The highest BCUT2D eigenvalue weighted by molar-refractivity contribution is 6.01. The second-order valence-corrected chi connectivity index (χ2v) is 9.38. The van der Waals surface area contributed by atoms with Crippen LogP contribution in [0.2, 0.25) is 0 Å². The van der Waals surface area contributed by atoms with Crippen molar-refractivity contribution in [3.05, 3.63) is 82.9 Å². The van der Waals surface area contributed by atoms with Crippen LogP contribution in [0.5, 0.6) is 0 Å². The lowest BCUT2D eigenvalue weighted by Gasteiger charge is -2.32. The number of aromatic amines is 1. The molecule has 192 valence electrons. The standard InChI is InChI=1S/C25H26N6O6/c1-4-29-21-13-20(31(36)37)17(12-18(21)26-24(29)34)22(32)28-9-7-15(8-10-28)30-23(33)16-11-14(2)5-6-19(16)27(3)25(30)35/h5-6,11-13,15H,4,7-10H2,1-3H3,(H,26,34). The third kappa shape index (κ3) is 3.85. The highest BCUT2D eigenvalue weighted by Crippen LogP contribution is 2.28. The number of rotatable bonds is 4. The lowest BCUT2D eigenvalue weighted by Crippen LogP contribution is -2.46. The molecular formula is C25H26N6O6. The summed E-state index contributed by atoms with van der Waals surface area (Å²) in [4.78, 5) is 67.1. The number of nitro benzene ring substituents is 1. The Morgan fingerprint density at radius 3 is 2.46 bits per heavy atom. The van der Waals surface area contributed by atoms with Gasteiger partial charge >= 0.3 is 11.4 Å². The van der Waals surface area contributed by atoms with Gasteiger partial charge in [-0.2, -0.15) is 0 Å². The molecule has 1 N–H and O–H groups in total. The maximum atomic E-state index is 13.4. The summed E-state index contributed by atoms with van der Waals surface area (Å²) < 4.78 is 4.08. The number of nitro groups is 1. The van der Waals surface area contributed by atoms with Gasteiger partial charge in [-0.05, 0) is 44.9 Å². The maximum absolute atomic E-state index is 13.4. The molecule has 37 heavy (non-hydrogen) atoms. The van der Waals surface area contributed by atoms with Crippen molar-refractivity contribution in [2.75, 3.05) is 13.1 Å². The molecule has 4 aromatic rings. The van der Waals surface area contributed by atoms with Crippen molar-refractivity contribution in [2.24, 2.45) is 7.05 Å².